The van der Waals surface area contributed by atoms with Crippen molar-refractivity contribution in [2.24, 2.45) is 0 Å². The number of halogens is 1. The summed E-state index contributed by atoms with van der Waals surface area (Å²) in [6.07, 6.45) is 1.74. The lowest BCUT2D eigenvalue weighted by Crippen LogP contribution is -2.33. The smallest absolute Gasteiger partial charge is 0.254 e. The highest BCUT2D eigenvalue weighted by Crippen LogP contribution is 2.31. The molecular weight excluding hydrogens is 367 g/mol. The van der Waals surface area contributed by atoms with Gasteiger partial charge in [-0.15, -0.1) is 0 Å². The molecule has 5 nitrogen and oxygen atoms in total. The van der Waals surface area contributed by atoms with Crippen LogP contribution in [0.15, 0.2) is 47.4 Å². The van der Waals surface area contributed by atoms with Crippen LogP contribution in [0.25, 0.3) is 0 Å². The summed E-state index contributed by atoms with van der Waals surface area (Å²) in [4.78, 5) is 14.9. The second-order valence-corrected chi connectivity index (χ2v) is 8.50. The van der Waals surface area contributed by atoms with Crippen LogP contribution in [0.2, 0.25) is 0 Å². The lowest BCUT2D eigenvalue weighted by molar-refractivity contribution is 0.0727. The Balaban J connectivity index is 1.94. The Kier molecular flexibility index (Phi) is 5.62. The maximum atomic E-state index is 14.1. The molecule has 0 heterocycles. The molecule has 0 spiro atoms. The van der Waals surface area contributed by atoms with Crippen LogP contribution < -0.4 is 4.72 Å². The average Bonchev–Trinajstić information content (AvgIpc) is 3.45. The van der Waals surface area contributed by atoms with Crippen LogP contribution in [-0.4, -0.2) is 31.8 Å². The molecule has 27 heavy (non-hydrogen) atoms. The van der Waals surface area contributed by atoms with E-state index in [1.54, 1.807) is 43.0 Å². The van der Waals surface area contributed by atoms with Gasteiger partial charge in [0, 0.05) is 30.3 Å². The Morgan fingerprint density at radius 3 is 2.56 bits per heavy atom. The molecule has 0 saturated heterocycles. The largest absolute Gasteiger partial charge is 0.331 e. The minimum atomic E-state index is -3.66. The molecule has 1 aliphatic carbocycles. The number of amides is 1. The standard InChI is InChI=1S/C20H23FN2O3S/c1-3-22-27(25,26)17-11-8-14(2)18(12-17)20(24)23(16-9-10-16)13-15-6-4-5-7-19(15)21/h4-8,11-12,16,22H,3,9-10,13H2,1-2H3. The van der Waals surface area contributed by atoms with E-state index in [1.165, 1.54) is 18.2 Å². The van der Waals surface area contributed by atoms with Crippen molar-refractivity contribution in [3.8, 4) is 0 Å². The molecule has 1 saturated carbocycles. The van der Waals surface area contributed by atoms with Gasteiger partial charge >= 0.3 is 0 Å². The number of carbonyl (C=O) groups is 1. The van der Waals surface area contributed by atoms with Crippen molar-refractivity contribution in [2.75, 3.05) is 6.54 Å². The molecular formula is C20H23FN2O3S. The fraction of sp³-hybridized carbons (Fsp3) is 0.350. The number of sulfonamides is 1. The Hall–Kier alpha value is -2.25. The monoisotopic (exact) mass is 390 g/mol. The van der Waals surface area contributed by atoms with Crippen molar-refractivity contribution in [1.29, 1.82) is 0 Å². The third-order valence-electron chi connectivity index (χ3n) is 4.63. The number of hydrogen-bond donors (Lipinski definition) is 1. The molecule has 7 heteroatoms. The molecule has 1 aliphatic rings. The van der Waals surface area contributed by atoms with E-state index in [-0.39, 0.29) is 35.8 Å². The van der Waals surface area contributed by atoms with Gasteiger partial charge in [-0.05, 0) is 43.5 Å². The van der Waals surface area contributed by atoms with E-state index in [9.17, 15) is 17.6 Å². The van der Waals surface area contributed by atoms with Gasteiger partial charge in [-0.2, -0.15) is 0 Å². The normalized spacial score (nSPS) is 14.2. The minimum absolute atomic E-state index is 0.0555. The average molecular weight is 390 g/mol. The molecule has 0 aromatic heterocycles. The zero-order valence-electron chi connectivity index (χ0n) is 15.4. The van der Waals surface area contributed by atoms with Gasteiger partial charge in [-0.3, -0.25) is 4.79 Å². The number of aryl methyl sites for hydroxylation is 1. The van der Waals surface area contributed by atoms with Crippen molar-refractivity contribution in [2.45, 2.75) is 44.2 Å². The number of benzene rings is 2. The molecule has 3 rings (SSSR count). The molecule has 0 bridgehead atoms. The van der Waals surface area contributed by atoms with Crippen LogP contribution >= 0.6 is 0 Å². The molecule has 2 aromatic rings. The van der Waals surface area contributed by atoms with E-state index in [2.05, 4.69) is 4.72 Å². The fourth-order valence-electron chi connectivity index (χ4n) is 2.99. The van der Waals surface area contributed by atoms with E-state index in [0.29, 0.717) is 16.7 Å². The molecule has 1 fully saturated rings. The van der Waals surface area contributed by atoms with Crippen molar-refractivity contribution in [3.63, 3.8) is 0 Å². The number of carbonyl (C=O) groups excluding carboxylic acids is 1. The first-order valence-electron chi connectivity index (χ1n) is 8.98. The highest BCUT2D eigenvalue weighted by atomic mass is 32.2. The zero-order valence-corrected chi connectivity index (χ0v) is 16.2. The van der Waals surface area contributed by atoms with Gasteiger partial charge in [-0.1, -0.05) is 31.2 Å². The van der Waals surface area contributed by atoms with E-state index >= 15 is 0 Å². The summed E-state index contributed by atoms with van der Waals surface area (Å²) in [6, 6.07) is 11.0. The fourth-order valence-corrected chi connectivity index (χ4v) is 4.06. The van der Waals surface area contributed by atoms with E-state index in [0.717, 1.165) is 12.8 Å². The van der Waals surface area contributed by atoms with Crippen LogP contribution in [0.3, 0.4) is 0 Å². The van der Waals surface area contributed by atoms with Gasteiger partial charge in [0.25, 0.3) is 5.91 Å². The third kappa shape index (κ3) is 4.36. The van der Waals surface area contributed by atoms with E-state index in [1.807, 2.05) is 0 Å². The molecule has 0 aliphatic heterocycles. The highest BCUT2D eigenvalue weighted by molar-refractivity contribution is 7.89. The summed E-state index contributed by atoms with van der Waals surface area (Å²) in [5.74, 6) is -0.622. The SMILES string of the molecule is CCNS(=O)(=O)c1ccc(C)c(C(=O)N(Cc2ccccc2F)C2CC2)c1. The summed E-state index contributed by atoms with van der Waals surface area (Å²) in [7, 11) is -3.66. The molecule has 0 unspecified atom stereocenters. The zero-order chi connectivity index (χ0) is 19.6. The van der Waals surface area contributed by atoms with E-state index < -0.39 is 10.0 Å². The number of nitrogens with zero attached hydrogens (tertiary/aromatic N) is 1. The summed E-state index contributed by atoms with van der Waals surface area (Å²) >= 11 is 0. The molecule has 2 aromatic carbocycles. The first-order valence-corrected chi connectivity index (χ1v) is 10.5. The molecule has 1 N–H and O–H groups in total. The van der Waals surface area contributed by atoms with Gasteiger partial charge in [0.1, 0.15) is 5.82 Å². The molecule has 144 valence electrons. The molecule has 0 atom stereocenters. The molecule has 0 radical (unpaired) electrons. The van der Waals surface area contributed by atoms with E-state index in [4.69, 9.17) is 0 Å². The van der Waals surface area contributed by atoms with Crippen LogP contribution in [0, 0.1) is 12.7 Å². The van der Waals surface area contributed by atoms with Crippen LogP contribution in [0.4, 0.5) is 4.39 Å². The van der Waals surface area contributed by atoms with Crippen LogP contribution in [0.5, 0.6) is 0 Å². The Morgan fingerprint density at radius 1 is 1.22 bits per heavy atom. The van der Waals surface area contributed by atoms with Crippen LogP contribution in [-0.2, 0) is 16.6 Å². The van der Waals surface area contributed by atoms with Gasteiger partial charge in [0.15, 0.2) is 0 Å². The minimum Gasteiger partial charge on any atom is -0.331 e. The Morgan fingerprint density at radius 2 is 1.93 bits per heavy atom. The summed E-state index contributed by atoms with van der Waals surface area (Å²) < 4.78 is 41.1. The highest BCUT2D eigenvalue weighted by Gasteiger charge is 2.34. The summed E-state index contributed by atoms with van der Waals surface area (Å²) in [6.45, 7) is 3.90. The Labute approximate surface area is 159 Å². The maximum Gasteiger partial charge on any atom is 0.254 e. The van der Waals surface area contributed by atoms with Crippen molar-refractivity contribution >= 4 is 15.9 Å². The first kappa shape index (κ1) is 19.5. The van der Waals surface area contributed by atoms with Gasteiger partial charge < -0.3 is 4.90 Å². The predicted octanol–water partition coefficient (Wildman–Crippen LogP) is 3.24. The van der Waals surface area contributed by atoms with Crippen LogP contribution in [0.1, 0.15) is 41.3 Å². The molecule has 1 amide bonds. The lowest BCUT2D eigenvalue weighted by atomic mass is 10.1. The third-order valence-corrected chi connectivity index (χ3v) is 6.17. The van der Waals surface area contributed by atoms with Crippen molar-refractivity contribution in [3.05, 3.63) is 65.0 Å². The van der Waals surface area contributed by atoms with Gasteiger partial charge in [0.05, 0.1) is 4.90 Å². The summed E-state index contributed by atoms with van der Waals surface area (Å²) in [5.41, 5.74) is 1.47. The number of hydrogen-bond acceptors (Lipinski definition) is 3. The quantitative estimate of drug-likeness (QED) is 0.789. The Bertz CT molecular complexity index is 955. The van der Waals surface area contributed by atoms with Gasteiger partial charge in [-0.25, -0.2) is 17.5 Å². The maximum absolute atomic E-state index is 14.1. The second kappa shape index (κ2) is 7.78. The lowest BCUT2D eigenvalue weighted by Gasteiger charge is -2.24. The second-order valence-electron chi connectivity index (χ2n) is 6.73. The summed E-state index contributed by atoms with van der Waals surface area (Å²) in [5, 5.41) is 0. The van der Waals surface area contributed by atoms with Crippen molar-refractivity contribution in [1.82, 2.24) is 9.62 Å². The predicted molar refractivity (Wildman–Crippen MR) is 101 cm³/mol. The number of nitrogens with one attached hydrogen (secondary N) is 1. The topological polar surface area (TPSA) is 66.5 Å². The van der Waals surface area contributed by atoms with Gasteiger partial charge in [0.2, 0.25) is 10.0 Å². The number of rotatable bonds is 7. The first-order chi connectivity index (χ1) is 12.8. The van der Waals surface area contributed by atoms with Crippen molar-refractivity contribution < 1.29 is 17.6 Å².